The van der Waals surface area contributed by atoms with Gasteiger partial charge in [0.2, 0.25) is 0 Å². The average molecular weight is 405 g/mol. The van der Waals surface area contributed by atoms with E-state index in [0.717, 1.165) is 16.8 Å². The summed E-state index contributed by atoms with van der Waals surface area (Å²) in [6, 6.07) is 17.6. The highest BCUT2D eigenvalue weighted by Crippen LogP contribution is 2.17. The molecule has 156 valence electrons. The van der Waals surface area contributed by atoms with Crippen molar-refractivity contribution >= 4 is 11.9 Å². The number of esters is 1. The number of benzene rings is 2. The maximum absolute atomic E-state index is 12.6. The number of aromatic nitrogens is 2. The van der Waals surface area contributed by atoms with Gasteiger partial charge in [0.1, 0.15) is 5.56 Å². The lowest BCUT2D eigenvalue weighted by atomic mass is 10.1. The number of ether oxygens (including phenoxy) is 1. The Labute approximate surface area is 176 Å². The first-order valence-electron chi connectivity index (χ1n) is 9.96. The van der Waals surface area contributed by atoms with Crippen LogP contribution in [0.2, 0.25) is 0 Å². The van der Waals surface area contributed by atoms with E-state index in [1.165, 1.54) is 5.56 Å². The minimum Gasteiger partial charge on any atom is -0.452 e. The quantitative estimate of drug-likeness (QED) is 0.605. The molecule has 3 aromatic rings. The average Bonchev–Trinajstić information content (AvgIpc) is 3.01. The topological polar surface area (TPSA) is 73.2 Å². The summed E-state index contributed by atoms with van der Waals surface area (Å²) < 4.78 is 7.05. The zero-order chi connectivity index (χ0) is 21.7. The van der Waals surface area contributed by atoms with Crippen molar-refractivity contribution in [3.05, 3.63) is 88.2 Å². The largest absolute Gasteiger partial charge is 0.452 e. The molecule has 0 unspecified atom stereocenters. The molecule has 1 aromatic heterocycles. The number of rotatable bonds is 7. The molecule has 0 fully saturated rings. The third kappa shape index (κ3) is 5.14. The van der Waals surface area contributed by atoms with Crippen LogP contribution in [0.1, 0.15) is 51.4 Å². The Bertz CT molecular complexity index is 1020. The predicted octanol–water partition coefficient (Wildman–Crippen LogP) is 3.89. The third-order valence-electron chi connectivity index (χ3n) is 5.05. The Hall–Kier alpha value is -3.41. The number of carbonyl (C=O) groups excluding carboxylic acids is 2. The van der Waals surface area contributed by atoms with E-state index in [1.807, 2.05) is 75.4 Å². The van der Waals surface area contributed by atoms with E-state index in [9.17, 15) is 9.59 Å². The van der Waals surface area contributed by atoms with Crippen LogP contribution in [0.15, 0.2) is 54.6 Å². The molecule has 0 saturated heterocycles. The minimum atomic E-state index is -0.539. The molecule has 0 radical (unpaired) electrons. The van der Waals surface area contributed by atoms with Crippen molar-refractivity contribution in [3.63, 3.8) is 0 Å². The van der Waals surface area contributed by atoms with Gasteiger partial charge in [-0.25, -0.2) is 4.79 Å². The summed E-state index contributed by atoms with van der Waals surface area (Å²) in [5.41, 5.74) is 4.99. The van der Waals surface area contributed by atoms with Crippen molar-refractivity contribution in [2.24, 2.45) is 0 Å². The Morgan fingerprint density at radius 1 is 1.03 bits per heavy atom. The minimum absolute atomic E-state index is 0.168. The van der Waals surface area contributed by atoms with Gasteiger partial charge in [-0.1, -0.05) is 60.2 Å². The molecular weight excluding hydrogens is 378 g/mol. The van der Waals surface area contributed by atoms with Gasteiger partial charge in [0.05, 0.1) is 24.0 Å². The monoisotopic (exact) mass is 405 g/mol. The molecule has 1 heterocycles. The first kappa shape index (κ1) is 21.3. The molecule has 0 bridgehead atoms. The molecule has 6 nitrogen and oxygen atoms in total. The standard InChI is InChI=1S/C24H27N3O3/c1-16-10-12-20(13-11-16)14-27-19(4)23(18(3)26-27)24(29)30-15-22(28)25-17(2)21-8-6-5-7-9-21/h5-13,17H,14-15H2,1-4H3,(H,25,28)/t17-/m0/s1. The van der Waals surface area contributed by atoms with E-state index in [-0.39, 0.29) is 18.6 Å². The van der Waals surface area contributed by atoms with E-state index in [1.54, 1.807) is 11.6 Å². The molecule has 1 atom stereocenters. The van der Waals surface area contributed by atoms with Gasteiger partial charge in [-0.3, -0.25) is 9.48 Å². The molecule has 3 rings (SSSR count). The van der Waals surface area contributed by atoms with Crippen LogP contribution in [0.3, 0.4) is 0 Å². The summed E-state index contributed by atoms with van der Waals surface area (Å²) in [6.45, 7) is 7.76. The van der Waals surface area contributed by atoms with Crippen molar-refractivity contribution < 1.29 is 14.3 Å². The van der Waals surface area contributed by atoms with Gasteiger partial charge in [-0.2, -0.15) is 5.10 Å². The zero-order valence-electron chi connectivity index (χ0n) is 17.8. The first-order valence-corrected chi connectivity index (χ1v) is 9.96. The Kier molecular flexibility index (Phi) is 6.67. The van der Waals surface area contributed by atoms with Crippen LogP contribution in [0.4, 0.5) is 0 Å². The van der Waals surface area contributed by atoms with Crippen LogP contribution in [0.25, 0.3) is 0 Å². The second-order valence-electron chi connectivity index (χ2n) is 7.47. The van der Waals surface area contributed by atoms with Crippen molar-refractivity contribution in [1.29, 1.82) is 0 Å². The number of nitrogens with zero attached hydrogens (tertiary/aromatic N) is 2. The number of hydrogen-bond donors (Lipinski definition) is 1. The van der Waals surface area contributed by atoms with E-state index in [4.69, 9.17) is 4.74 Å². The molecule has 30 heavy (non-hydrogen) atoms. The van der Waals surface area contributed by atoms with Crippen LogP contribution < -0.4 is 5.32 Å². The molecule has 0 aliphatic heterocycles. The van der Waals surface area contributed by atoms with Crippen molar-refractivity contribution in [3.8, 4) is 0 Å². The highest BCUT2D eigenvalue weighted by Gasteiger charge is 2.21. The van der Waals surface area contributed by atoms with Gasteiger partial charge in [0.25, 0.3) is 5.91 Å². The molecule has 0 spiro atoms. The lowest BCUT2D eigenvalue weighted by Gasteiger charge is -2.14. The van der Waals surface area contributed by atoms with Crippen molar-refractivity contribution in [2.45, 2.75) is 40.3 Å². The fourth-order valence-electron chi connectivity index (χ4n) is 3.32. The molecular formula is C24H27N3O3. The molecule has 6 heteroatoms. The smallest absolute Gasteiger partial charge is 0.342 e. The van der Waals surface area contributed by atoms with E-state index >= 15 is 0 Å². The Balaban J connectivity index is 1.60. The summed E-state index contributed by atoms with van der Waals surface area (Å²) in [6.07, 6.45) is 0. The van der Waals surface area contributed by atoms with Crippen LogP contribution in [-0.2, 0) is 16.1 Å². The maximum Gasteiger partial charge on any atom is 0.342 e. The van der Waals surface area contributed by atoms with Gasteiger partial charge < -0.3 is 10.1 Å². The third-order valence-corrected chi connectivity index (χ3v) is 5.05. The second-order valence-corrected chi connectivity index (χ2v) is 7.47. The van der Waals surface area contributed by atoms with Gasteiger partial charge >= 0.3 is 5.97 Å². The summed E-state index contributed by atoms with van der Waals surface area (Å²) >= 11 is 0. The molecule has 2 aromatic carbocycles. The van der Waals surface area contributed by atoms with E-state index in [0.29, 0.717) is 17.8 Å². The SMILES string of the molecule is Cc1ccc(Cn2nc(C)c(C(=O)OCC(=O)N[C@@H](C)c3ccccc3)c2C)cc1. The summed E-state index contributed by atoms with van der Waals surface area (Å²) in [5, 5.41) is 7.32. The predicted molar refractivity (Wildman–Crippen MR) is 115 cm³/mol. The van der Waals surface area contributed by atoms with Crippen molar-refractivity contribution in [1.82, 2.24) is 15.1 Å². The molecule has 1 N–H and O–H groups in total. The van der Waals surface area contributed by atoms with E-state index in [2.05, 4.69) is 10.4 Å². The van der Waals surface area contributed by atoms with Gasteiger partial charge in [0.15, 0.2) is 6.61 Å². The van der Waals surface area contributed by atoms with Crippen molar-refractivity contribution in [2.75, 3.05) is 6.61 Å². The zero-order valence-corrected chi connectivity index (χ0v) is 17.8. The Morgan fingerprint density at radius 2 is 1.70 bits per heavy atom. The summed E-state index contributed by atoms with van der Waals surface area (Å²) in [7, 11) is 0. The summed E-state index contributed by atoms with van der Waals surface area (Å²) in [5.74, 6) is -0.885. The van der Waals surface area contributed by atoms with Crippen LogP contribution in [0.5, 0.6) is 0 Å². The molecule has 1 amide bonds. The normalized spacial score (nSPS) is 11.7. The van der Waals surface area contributed by atoms with Crippen LogP contribution in [-0.4, -0.2) is 28.3 Å². The molecule has 0 aliphatic carbocycles. The highest BCUT2D eigenvalue weighted by atomic mass is 16.5. The first-order chi connectivity index (χ1) is 14.3. The highest BCUT2D eigenvalue weighted by molar-refractivity contribution is 5.93. The Morgan fingerprint density at radius 3 is 2.37 bits per heavy atom. The molecule has 0 aliphatic rings. The van der Waals surface area contributed by atoms with Crippen LogP contribution >= 0.6 is 0 Å². The van der Waals surface area contributed by atoms with Crippen LogP contribution in [0, 0.1) is 20.8 Å². The number of amides is 1. The van der Waals surface area contributed by atoms with E-state index < -0.39 is 5.97 Å². The molecule has 0 saturated carbocycles. The number of hydrogen-bond acceptors (Lipinski definition) is 4. The summed E-state index contributed by atoms with van der Waals surface area (Å²) in [4.78, 5) is 24.8. The lowest BCUT2D eigenvalue weighted by molar-refractivity contribution is -0.124. The lowest BCUT2D eigenvalue weighted by Crippen LogP contribution is -2.31. The second kappa shape index (κ2) is 9.39. The van der Waals surface area contributed by atoms with Gasteiger partial charge in [0, 0.05) is 0 Å². The number of carbonyl (C=O) groups is 2. The van der Waals surface area contributed by atoms with Gasteiger partial charge in [-0.15, -0.1) is 0 Å². The fraction of sp³-hybridized carbons (Fsp3) is 0.292. The fourth-order valence-corrected chi connectivity index (χ4v) is 3.32. The number of aryl methyl sites for hydroxylation is 2. The maximum atomic E-state index is 12.6. The van der Waals surface area contributed by atoms with Gasteiger partial charge in [-0.05, 0) is 38.8 Å². The number of nitrogens with one attached hydrogen (secondary N) is 1.